The van der Waals surface area contributed by atoms with Gasteiger partial charge in [-0.25, -0.2) is 4.90 Å². The average Bonchev–Trinajstić information content (AvgIpc) is 2.95. The fourth-order valence-electron chi connectivity index (χ4n) is 3.05. The number of hydrogen-bond acceptors (Lipinski definition) is 13. The molecule has 13 N–H and O–H groups in total. The van der Waals surface area contributed by atoms with Crippen LogP contribution in [-0.2, 0) is 17.6 Å². The van der Waals surface area contributed by atoms with Gasteiger partial charge in [-0.1, -0.05) is 0 Å². The van der Waals surface area contributed by atoms with E-state index in [1.807, 2.05) is 0 Å². The molecule has 1 atom stereocenters. The summed E-state index contributed by atoms with van der Waals surface area (Å²) in [6, 6.07) is 0. The lowest BCUT2D eigenvalue weighted by atomic mass is 9.97. The number of aromatic hydroxyl groups is 3. The SMILES string of the molecule is CC(O)(O)C(N)(O)N(CCc1c(O)c(O)c(O)c2c1CC(=O)N2)C(O)(O)C(C)(O)O. The van der Waals surface area contributed by atoms with Crippen LogP contribution in [0.15, 0.2) is 0 Å². The smallest absolute Gasteiger partial charge is 0.284 e. The van der Waals surface area contributed by atoms with Crippen molar-refractivity contribution in [1.82, 2.24) is 4.90 Å². The first kappa shape index (κ1) is 24.0. The van der Waals surface area contributed by atoms with Crippen molar-refractivity contribution in [1.29, 1.82) is 0 Å². The number of rotatable bonds is 7. The molecule has 1 unspecified atom stereocenters. The van der Waals surface area contributed by atoms with Gasteiger partial charge in [-0.3, -0.25) is 10.5 Å². The van der Waals surface area contributed by atoms with E-state index in [9.17, 15) is 55.9 Å². The van der Waals surface area contributed by atoms with E-state index in [0.717, 1.165) is 0 Å². The van der Waals surface area contributed by atoms with Gasteiger partial charge in [-0.15, -0.1) is 0 Å². The molecular formula is C16H25N3O11. The van der Waals surface area contributed by atoms with Gasteiger partial charge in [0.2, 0.25) is 29.1 Å². The summed E-state index contributed by atoms with van der Waals surface area (Å²) in [5.41, 5.74) is 5.05. The number of phenols is 3. The van der Waals surface area contributed by atoms with Crippen molar-refractivity contribution in [3.8, 4) is 17.2 Å². The van der Waals surface area contributed by atoms with Crippen molar-refractivity contribution in [3.05, 3.63) is 11.1 Å². The van der Waals surface area contributed by atoms with Gasteiger partial charge < -0.3 is 56.4 Å². The van der Waals surface area contributed by atoms with Crippen LogP contribution in [0.2, 0.25) is 0 Å². The molecule has 0 bridgehead atoms. The van der Waals surface area contributed by atoms with Gasteiger partial charge in [0.15, 0.2) is 11.5 Å². The summed E-state index contributed by atoms with van der Waals surface area (Å²) < 4.78 is 0. The molecule has 0 fully saturated rings. The van der Waals surface area contributed by atoms with Crippen LogP contribution in [0.1, 0.15) is 25.0 Å². The van der Waals surface area contributed by atoms with E-state index in [-0.39, 0.29) is 28.1 Å². The highest BCUT2D eigenvalue weighted by molar-refractivity contribution is 6.02. The van der Waals surface area contributed by atoms with Crippen LogP contribution in [-0.4, -0.2) is 91.8 Å². The van der Waals surface area contributed by atoms with Crippen molar-refractivity contribution in [3.63, 3.8) is 0 Å². The summed E-state index contributed by atoms with van der Waals surface area (Å²) in [5.74, 6) is -17.0. The minimum absolute atomic E-state index is 0.0290. The number of nitrogens with zero attached hydrogens (tertiary/aromatic N) is 1. The predicted octanol–water partition coefficient (Wildman–Crippen LogP) is -4.21. The molecule has 1 aliphatic heterocycles. The normalized spacial score (nSPS) is 17.1. The number of aliphatic hydroxyl groups is 7. The molecule has 14 nitrogen and oxygen atoms in total. The fourth-order valence-corrected chi connectivity index (χ4v) is 3.05. The number of hydrogen-bond donors (Lipinski definition) is 12. The molecule has 30 heavy (non-hydrogen) atoms. The minimum Gasteiger partial charge on any atom is -0.504 e. The minimum atomic E-state index is -3.77. The van der Waals surface area contributed by atoms with Crippen molar-refractivity contribution in [2.75, 3.05) is 11.9 Å². The van der Waals surface area contributed by atoms with E-state index < -0.39 is 59.5 Å². The van der Waals surface area contributed by atoms with Crippen LogP contribution in [0.4, 0.5) is 5.69 Å². The molecule has 1 aliphatic rings. The number of carbonyl (C=O) groups is 1. The Bertz CT molecular complexity index is 830. The summed E-state index contributed by atoms with van der Waals surface area (Å²) in [5, 5.41) is 102. The third-order valence-electron chi connectivity index (χ3n) is 4.94. The quantitative estimate of drug-likeness (QED) is 0.110. The molecule has 170 valence electrons. The first-order valence-corrected chi connectivity index (χ1v) is 8.55. The topological polar surface area (TPSA) is 261 Å². The number of anilines is 1. The van der Waals surface area contributed by atoms with Gasteiger partial charge in [0.05, 0.1) is 12.1 Å². The van der Waals surface area contributed by atoms with Crippen LogP contribution in [0.25, 0.3) is 0 Å². The maximum Gasteiger partial charge on any atom is 0.284 e. The zero-order valence-electron chi connectivity index (χ0n) is 16.0. The Labute approximate surface area is 169 Å². The van der Waals surface area contributed by atoms with Crippen molar-refractivity contribution < 1.29 is 55.9 Å². The Morgan fingerprint density at radius 2 is 1.47 bits per heavy atom. The molecule has 0 saturated heterocycles. The Hall–Kier alpha value is -2.27. The predicted molar refractivity (Wildman–Crippen MR) is 96.2 cm³/mol. The van der Waals surface area contributed by atoms with Crippen LogP contribution < -0.4 is 11.1 Å². The number of benzene rings is 1. The second-order valence-electron chi connectivity index (χ2n) is 7.41. The molecule has 14 heteroatoms. The van der Waals surface area contributed by atoms with Crippen molar-refractivity contribution in [2.45, 2.75) is 50.0 Å². The Morgan fingerprint density at radius 3 is 1.93 bits per heavy atom. The van der Waals surface area contributed by atoms with Gasteiger partial charge in [-0.05, 0) is 25.8 Å². The first-order chi connectivity index (χ1) is 13.3. The Balaban J connectivity index is 2.54. The summed E-state index contributed by atoms with van der Waals surface area (Å²) in [7, 11) is 0. The summed E-state index contributed by atoms with van der Waals surface area (Å²) in [4.78, 5) is 11.6. The highest BCUT2D eigenvalue weighted by atomic mass is 16.6. The first-order valence-electron chi connectivity index (χ1n) is 8.55. The highest BCUT2D eigenvalue weighted by Crippen LogP contribution is 2.49. The van der Waals surface area contributed by atoms with Crippen LogP contribution in [0, 0.1) is 0 Å². The van der Waals surface area contributed by atoms with E-state index in [1.165, 1.54) is 0 Å². The summed E-state index contributed by atoms with van der Waals surface area (Å²) in [6.07, 6.45) is -0.900. The molecule has 0 spiro atoms. The monoisotopic (exact) mass is 435 g/mol. The van der Waals surface area contributed by atoms with Gasteiger partial charge in [0.25, 0.3) is 5.91 Å². The molecule has 1 heterocycles. The van der Waals surface area contributed by atoms with E-state index in [4.69, 9.17) is 5.73 Å². The van der Waals surface area contributed by atoms with Gasteiger partial charge in [-0.2, -0.15) is 0 Å². The Kier molecular flexibility index (Phi) is 5.73. The van der Waals surface area contributed by atoms with E-state index in [0.29, 0.717) is 13.8 Å². The van der Waals surface area contributed by atoms with Crippen molar-refractivity contribution >= 4 is 11.6 Å². The van der Waals surface area contributed by atoms with Crippen LogP contribution in [0.3, 0.4) is 0 Å². The zero-order chi connectivity index (χ0) is 23.4. The number of nitrogens with two attached hydrogens (primary N) is 1. The molecule has 0 saturated carbocycles. The lowest BCUT2D eigenvalue weighted by Gasteiger charge is -2.50. The maximum absolute atomic E-state index is 11.7. The second-order valence-corrected chi connectivity index (χ2v) is 7.41. The molecule has 2 rings (SSSR count). The molecule has 0 radical (unpaired) electrons. The number of amides is 1. The second kappa shape index (κ2) is 7.16. The fraction of sp³-hybridized carbons (Fsp3) is 0.562. The van der Waals surface area contributed by atoms with Gasteiger partial charge >= 0.3 is 0 Å². The third-order valence-corrected chi connectivity index (χ3v) is 4.94. The molecule has 0 aromatic heterocycles. The number of phenolic OH excluding ortho intramolecular Hbond substituents is 3. The summed E-state index contributed by atoms with van der Waals surface area (Å²) in [6.45, 7) is 0.185. The van der Waals surface area contributed by atoms with Crippen LogP contribution >= 0.6 is 0 Å². The van der Waals surface area contributed by atoms with E-state index in [2.05, 4.69) is 5.32 Å². The number of nitrogens with one attached hydrogen (secondary N) is 1. The highest BCUT2D eigenvalue weighted by Gasteiger charge is 2.60. The molecular weight excluding hydrogens is 410 g/mol. The lowest BCUT2D eigenvalue weighted by molar-refractivity contribution is -0.459. The standard InChI is InChI=1S/C16H25N3O11/c1-13(24,25)15(17,28)19(16(29,30)14(2,26)27)4-3-6-7-5-8(20)18-9(7)11(22)12(23)10(6)21/h21-30H,3-5,17H2,1-2H3,(H,18,20). The zero-order valence-corrected chi connectivity index (χ0v) is 16.0. The number of carbonyl (C=O) groups excluding carboxylic acids is 1. The average molecular weight is 435 g/mol. The van der Waals surface area contributed by atoms with Crippen molar-refractivity contribution in [2.24, 2.45) is 5.73 Å². The van der Waals surface area contributed by atoms with Gasteiger partial charge in [0.1, 0.15) is 0 Å². The summed E-state index contributed by atoms with van der Waals surface area (Å²) >= 11 is 0. The maximum atomic E-state index is 11.7. The third kappa shape index (κ3) is 3.76. The van der Waals surface area contributed by atoms with E-state index >= 15 is 0 Å². The number of fused-ring (bicyclic) bond motifs is 1. The van der Waals surface area contributed by atoms with E-state index in [1.54, 1.807) is 0 Å². The Morgan fingerprint density at radius 1 is 0.933 bits per heavy atom. The molecule has 1 amide bonds. The van der Waals surface area contributed by atoms with Gasteiger partial charge in [0, 0.05) is 12.1 Å². The largest absolute Gasteiger partial charge is 0.504 e. The molecule has 0 aliphatic carbocycles. The molecule has 1 aromatic rings. The molecule has 1 aromatic carbocycles. The van der Waals surface area contributed by atoms with Crippen LogP contribution in [0.5, 0.6) is 17.2 Å². The lowest BCUT2D eigenvalue weighted by Crippen LogP contribution is -2.79.